The highest BCUT2D eigenvalue weighted by Gasteiger charge is 2.22. The largest absolute Gasteiger partial charge is 0.497 e. The first kappa shape index (κ1) is 21.7. The average molecular weight is 459 g/mol. The second kappa shape index (κ2) is 10.2. The van der Waals surface area contributed by atoms with E-state index in [9.17, 15) is 4.79 Å². The third-order valence-corrected chi connectivity index (χ3v) is 6.15. The van der Waals surface area contributed by atoms with Gasteiger partial charge in [0.05, 0.1) is 25.5 Å². The Morgan fingerprint density at radius 3 is 2.68 bits per heavy atom. The Balaban J connectivity index is 1.47. The second-order valence-corrected chi connectivity index (χ2v) is 8.50. The molecule has 4 rings (SSSR count). The third-order valence-electron chi connectivity index (χ3n) is 4.94. The van der Waals surface area contributed by atoms with E-state index in [1.54, 1.807) is 31.4 Å². The zero-order valence-electron chi connectivity index (χ0n) is 17.1. The SMILES string of the molecule is COc1ccc(NC(=O)CSc2nnc(-c3ccc(Cl)cc3)n2C[C@@H]2CCCO2)cc1. The van der Waals surface area contributed by atoms with Gasteiger partial charge in [0, 0.05) is 22.9 Å². The highest BCUT2D eigenvalue weighted by Crippen LogP contribution is 2.27. The number of methoxy groups -OCH3 is 1. The second-order valence-electron chi connectivity index (χ2n) is 7.12. The molecular formula is C22H23ClN4O3S. The quantitative estimate of drug-likeness (QED) is 0.500. The van der Waals surface area contributed by atoms with Crippen LogP contribution in [-0.4, -0.2) is 46.2 Å². The number of hydrogen-bond donors (Lipinski definition) is 1. The molecule has 0 saturated carbocycles. The fourth-order valence-electron chi connectivity index (χ4n) is 3.37. The van der Waals surface area contributed by atoms with Gasteiger partial charge in [0.1, 0.15) is 5.75 Å². The van der Waals surface area contributed by atoms with Gasteiger partial charge in [-0.15, -0.1) is 10.2 Å². The molecule has 1 aliphatic rings. The fraction of sp³-hybridized carbons (Fsp3) is 0.318. The zero-order valence-corrected chi connectivity index (χ0v) is 18.7. The van der Waals surface area contributed by atoms with Crippen LogP contribution in [0.4, 0.5) is 5.69 Å². The van der Waals surface area contributed by atoms with Crippen LogP contribution in [-0.2, 0) is 16.1 Å². The third kappa shape index (κ3) is 5.58. The van der Waals surface area contributed by atoms with Crippen molar-refractivity contribution in [2.45, 2.75) is 30.6 Å². The van der Waals surface area contributed by atoms with Gasteiger partial charge in [-0.3, -0.25) is 9.36 Å². The van der Waals surface area contributed by atoms with Crippen molar-refractivity contribution < 1.29 is 14.3 Å². The summed E-state index contributed by atoms with van der Waals surface area (Å²) < 4.78 is 13.0. The van der Waals surface area contributed by atoms with Gasteiger partial charge in [0.15, 0.2) is 11.0 Å². The minimum Gasteiger partial charge on any atom is -0.497 e. The molecule has 1 aliphatic heterocycles. The Morgan fingerprint density at radius 2 is 2.00 bits per heavy atom. The number of carbonyl (C=O) groups excluding carboxylic acids is 1. The van der Waals surface area contributed by atoms with Crippen LogP contribution in [0.5, 0.6) is 5.75 Å². The highest BCUT2D eigenvalue weighted by molar-refractivity contribution is 7.99. The number of nitrogens with one attached hydrogen (secondary N) is 1. The van der Waals surface area contributed by atoms with Crippen LogP contribution in [0.2, 0.25) is 5.02 Å². The van der Waals surface area contributed by atoms with Gasteiger partial charge in [-0.2, -0.15) is 0 Å². The van der Waals surface area contributed by atoms with Crippen LogP contribution in [0.1, 0.15) is 12.8 Å². The monoisotopic (exact) mass is 458 g/mol. The Hall–Kier alpha value is -2.55. The predicted molar refractivity (Wildman–Crippen MR) is 122 cm³/mol. The molecule has 1 fully saturated rings. The van der Waals surface area contributed by atoms with Gasteiger partial charge < -0.3 is 14.8 Å². The van der Waals surface area contributed by atoms with Crippen molar-refractivity contribution >= 4 is 35.0 Å². The van der Waals surface area contributed by atoms with E-state index in [0.717, 1.165) is 36.6 Å². The summed E-state index contributed by atoms with van der Waals surface area (Å²) in [4.78, 5) is 12.5. The summed E-state index contributed by atoms with van der Waals surface area (Å²) in [5.74, 6) is 1.58. The smallest absolute Gasteiger partial charge is 0.234 e. The number of amides is 1. The van der Waals surface area contributed by atoms with Gasteiger partial charge in [-0.25, -0.2) is 0 Å². The molecule has 0 aliphatic carbocycles. The van der Waals surface area contributed by atoms with Crippen LogP contribution >= 0.6 is 23.4 Å². The van der Waals surface area contributed by atoms with Crippen molar-refractivity contribution in [3.8, 4) is 17.1 Å². The Kier molecular flexibility index (Phi) is 7.11. The van der Waals surface area contributed by atoms with Gasteiger partial charge in [0.25, 0.3) is 0 Å². The maximum Gasteiger partial charge on any atom is 0.234 e. The first-order valence-electron chi connectivity index (χ1n) is 10.00. The van der Waals surface area contributed by atoms with Crippen LogP contribution < -0.4 is 10.1 Å². The molecular weight excluding hydrogens is 436 g/mol. The molecule has 0 spiro atoms. The molecule has 2 heterocycles. The molecule has 1 amide bonds. The molecule has 2 aromatic carbocycles. The summed E-state index contributed by atoms with van der Waals surface area (Å²) in [6.45, 7) is 1.42. The predicted octanol–water partition coefficient (Wildman–Crippen LogP) is 4.52. The van der Waals surface area contributed by atoms with Crippen molar-refractivity contribution in [1.82, 2.24) is 14.8 Å². The lowest BCUT2D eigenvalue weighted by Gasteiger charge is -2.15. The van der Waals surface area contributed by atoms with E-state index >= 15 is 0 Å². The number of hydrogen-bond acceptors (Lipinski definition) is 6. The number of benzene rings is 2. The summed E-state index contributed by atoms with van der Waals surface area (Å²) in [6, 6.07) is 14.7. The first-order chi connectivity index (χ1) is 15.1. The van der Waals surface area contributed by atoms with Gasteiger partial charge in [-0.05, 0) is 61.4 Å². The van der Waals surface area contributed by atoms with Crippen molar-refractivity contribution in [2.24, 2.45) is 0 Å². The Bertz CT molecular complexity index is 1020. The van der Waals surface area contributed by atoms with E-state index in [4.69, 9.17) is 21.1 Å². The van der Waals surface area contributed by atoms with Gasteiger partial charge in [0.2, 0.25) is 5.91 Å². The first-order valence-corrected chi connectivity index (χ1v) is 11.4. The van der Waals surface area contributed by atoms with Crippen molar-refractivity contribution in [1.29, 1.82) is 0 Å². The molecule has 162 valence electrons. The molecule has 1 N–H and O–H groups in total. The van der Waals surface area contributed by atoms with Crippen molar-refractivity contribution in [2.75, 3.05) is 24.8 Å². The van der Waals surface area contributed by atoms with E-state index in [2.05, 4.69) is 15.5 Å². The van der Waals surface area contributed by atoms with Crippen LogP contribution in [0.3, 0.4) is 0 Å². The molecule has 1 atom stereocenters. The molecule has 31 heavy (non-hydrogen) atoms. The van der Waals surface area contributed by atoms with Crippen molar-refractivity contribution in [3.05, 3.63) is 53.6 Å². The lowest BCUT2D eigenvalue weighted by Crippen LogP contribution is -2.18. The topological polar surface area (TPSA) is 78.3 Å². The molecule has 3 aromatic rings. The molecule has 1 saturated heterocycles. The number of carbonyl (C=O) groups is 1. The molecule has 1 aromatic heterocycles. The Morgan fingerprint density at radius 1 is 1.23 bits per heavy atom. The number of aromatic nitrogens is 3. The number of anilines is 1. The summed E-state index contributed by atoms with van der Waals surface area (Å²) in [5.41, 5.74) is 1.64. The van der Waals surface area contributed by atoms with Crippen LogP contribution in [0.25, 0.3) is 11.4 Å². The standard InChI is InChI=1S/C22H23ClN4O3S/c1-29-18-10-8-17(9-11-18)24-20(28)14-31-22-26-25-21(15-4-6-16(23)7-5-15)27(22)13-19-3-2-12-30-19/h4-11,19H,2-3,12-14H2,1H3,(H,24,28)/t19-/m0/s1. The summed E-state index contributed by atoms with van der Waals surface area (Å²) in [7, 11) is 1.61. The molecule has 0 bridgehead atoms. The normalized spacial score (nSPS) is 15.7. The van der Waals surface area contributed by atoms with Crippen molar-refractivity contribution in [3.63, 3.8) is 0 Å². The minimum absolute atomic E-state index is 0.116. The maximum absolute atomic E-state index is 12.5. The van der Waals surface area contributed by atoms with E-state index in [1.807, 2.05) is 28.8 Å². The summed E-state index contributed by atoms with van der Waals surface area (Å²) >= 11 is 7.39. The Labute approximate surface area is 190 Å². The molecule has 0 radical (unpaired) electrons. The lowest BCUT2D eigenvalue weighted by molar-refractivity contribution is -0.113. The fourth-order valence-corrected chi connectivity index (χ4v) is 4.24. The number of rotatable bonds is 8. The van der Waals surface area contributed by atoms with Gasteiger partial charge >= 0.3 is 0 Å². The maximum atomic E-state index is 12.5. The number of halogens is 1. The number of ether oxygens (including phenoxy) is 2. The summed E-state index contributed by atoms with van der Waals surface area (Å²) in [5, 5.41) is 13.0. The lowest BCUT2D eigenvalue weighted by atomic mass is 10.2. The molecule has 7 nitrogen and oxygen atoms in total. The number of thioether (sulfide) groups is 1. The van der Waals surface area contributed by atoms with Crippen LogP contribution in [0, 0.1) is 0 Å². The van der Waals surface area contributed by atoms with E-state index in [1.165, 1.54) is 11.8 Å². The highest BCUT2D eigenvalue weighted by atomic mass is 35.5. The van der Waals surface area contributed by atoms with E-state index in [-0.39, 0.29) is 17.8 Å². The molecule has 9 heteroatoms. The van der Waals surface area contributed by atoms with Crippen LogP contribution in [0.15, 0.2) is 53.7 Å². The summed E-state index contributed by atoms with van der Waals surface area (Å²) in [6.07, 6.45) is 2.17. The average Bonchev–Trinajstić information content (AvgIpc) is 3.44. The minimum atomic E-state index is -0.116. The molecule has 0 unspecified atom stereocenters. The zero-order chi connectivity index (χ0) is 21.6. The number of nitrogens with zero attached hydrogens (tertiary/aromatic N) is 3. The van der Waals surface area contributed by atoms with E-state index in [0.29, 0.717) is 22.4 Å². The van der Waals surface area contributed by atoms with Gasteiger partial charge in [-0.1, -0.05) is 23.4 Å². The van der Waals surface area contributed by atoms with E-state index < -0.39 is 0 Å².